The molecule has 2 aromatic carbocycles. The molecule has 1 saturated heterocycles. The van der Waals surface area contributed by atoms with Crippen molar-refractivity contribution >= 4 is 39.4 Å². The first-order valence-corrected chi connectivity index (χ1v) is 14.9. The summed E-state index contributed by atoms with van der Waals surface area (Å²) < 4.78 is 32.7. The van der Waals surface area contributed by atoms with Gasteiger partial charge in [-0.25, -0.2) is 13.2 Å². The molecule has 1 heterocycles. The summed E-state index contributed by atoms with van der Waals surface area (Å²) in [7, 11) is -4.17. The lowest BCUT2D eigenvalue weighted by Crippen LogP contribution is -2.60. The zero-order valence-corrected chi connectivity index (χ0v) is 24.9. The molecule has 0 radical (unpaired) electrons. The molecule has 2 atom stereocenters. The summed E-state index contributed by atoms with van der Waals surface area (Å²) in [4.78, 5) is 62.7. The average Bonchev–Trinajstić information content (AvgIpc) is 2.93. The fourth-order valence-corrected chi connectivity index (χ4v) is 5.83. The van der Waals surface area contributed by atoms with Gasteiger partial charge in [-0.1, -0.05) is 30.3 Å². The van der Waals surface area contributed by atoms with Crippen molar-refractivity contribution in [3.05, 3.63) is 70.3 Å². The van der Waals surface area contributed by atoms with E-state index in [-0.39, 0.29) is 42.9 Å². The fraction of sp³-hybridized carbons (Fsp3) is 0.429. The van der Waals surface area contributed by atoms with Crippen LogP contribution >= 0.6 is 0 Å². The van der Waals surface area contributed by atoms with E-state index in [9.17, 15) is 37.7 Å². The molecule has 232 valence electrons. The number of ether oxygens (including phenoxy) is 1. The minimum atomic E-state index is -4.17. The molecule has 43 heavy (non-hydrogen) atoms. The molecule has 1 aliphatic rings. The number of esters is 1. The van der Waals surface area contributed by atoms with Gasteiger partial charge in [0.1, 0.15) is 17.7 Å². The molecule has 1 fully saturated rings. The smallest absolute Gasteiger partial charge is 0.329 e. The minimum absolute atomic E-state index is 0.0599. The second-order valence-electron chi connectivity index (χ2n) is 11.0. The average molecular weight is 618 g/mol. The zero-order valence-electron chi connectivity index (χ0n) is 24.1. The molecule has 3 rings (SSSR count). The zero-order chi connectivity index (χ0) is 31.9. The Morgan fingerprint density at radius 1 is 1.07 bits per heavy atom. The Kier molecular flexibility index (Phi) is 10.6. The monoisotopic (exact) mass is 617 g/mol. The molecule has 0 unspecified atom stereocenters. The number of benzene rings is 2. The number of hydrogen-bond donors (Lipinski definition) is 2. The Bertz CT molecular complexity index is 1460. The van der Waals surface area contributed by atoms with Crippen LogP contribution in [0.15, 0.2) is 59.5 Å². The van der Waals surface area contributed by atoms with Crippen LogP contribution in [0.25, 0.3) is 0 Å². The lowest BCUT2D eigenvalue weighted by Gasteiger charge is -2.38. The van der Waals surface area contributed by atoms with E-state index in [1.165, 1.54) is 4.90 Å². The number of non-ortho nitro benzene ring substituents is 1. The standard InChI is InChI=1S/C28H35N5O9S/c1-28(2,3)42-27(37)22(13-14-24(29)34)30-26(36)23(17-19-7-5-4-6-8-19)32-16-15-31(18-25(32)35)43(40,41)21-11-9-20(10-12-21)33(38)39/h4-12,22-23H,13-18H2,1-3H3,(H2,29,34)(H,30,36)/t22-,23-/m0/s1. The number of piperazine rings is 1. The van der Waals surface area contributed by atoms with Crippen molar-refractivity contribution in [2.45, 2.75) is 62.6 Å². The van der Waals surface area contributed by atoms with Gasteiger partial charge in [0.15, 0.2) is 0 Å². The van der Waals surface area contributed by atoms with Gasteiger partial charge in [-0.05, 0) is 44.9 Å². The Balaban J connectivity index is 1.84. The van der Waals surface area contributed by atoms with Gasteiger partial charge in [-0.2, -0.15) is 4.31 Å². The molecule has 3 N–H and O–H groups in total. The van der Waals surface area contributed by atoms with Crippen LogP contribution < -0.4 is 11.1 Å². The van der Waals surface area contributed by atoms with Crippen molar-refractivity contribution < 1.29 is 37.3 Å². The molecule has 1 aliphatic heterocycles. The molecule has 2 aromatic rings. The summed E-state index contributed by atoms with van der Waals surface area (Å²) in [5, 5.41) is 13.6. The first kappa shape index (κ1) is 33.1. The van der Waals surface area contributed by atoms with Gasteiger partial charge in [-0.3, -0.25) is 24.5 Å². The summed E-state index contributed by atoms with van der Waals surface area (Å²) in [6, 6.07) is 10.8. The third-order valence-corrected chi connectivity index (χ3v) is 8.40. The molecule has 0 saturated carbocycles. The number of primary amides is 1. The molecular weight excluding hydrogens is 582 g/mol. The van der Waals surface area contributed by atoms with E-state index in [1.54, 1.807) is 51.1 Å². The number of nitrogens with two attached hydrogens (primary N) is 1. The Morgan fingerprint density at radius 3 is 2.23 bits per heavy atom. The Labute approximate surface area is 249 Å². The van der Waals surface area contributed by atoms with Gasteiger partial charge in [0.25, 0.3) is 5.69 Å². The number of sulfonamides is 1. The van der Waals surface area contributed by atoms with Gasteiger partial charge in [0, 0.05) is 38.1 Å². The Hall–Kier alpha value is -4.37. The number of nitrogens with one attached hydrogen (secondary N) is 1. The van der Waals surface area contributed by atoms with E-state index in [4.69, 9.17) is 10.5 Å². The van der Waals surface area contributed by atoms with Gasteiger partial charge >= 0.3 is 5.97 Å². The lowest BCUT2D eigenvalue weighted by atomic mass is 10.0. The van der Waals surface area contributed by atoms with Crippen LogP contribution in [0.5, 0.6) is 0 Å². The first-order valence-electron chi connectivity index (χ1n) is 13.5. The predicted octanol–water partition coefficient (Wildman–Crippen LogP) is 1.13. The van der Waals surface area contributed by atoms with Gasteiger partial charge < -0.3 is 20.7 Å². The largest absolute Gasteiger partial charge is 0.458 e. The van der Waals surface area contributed by atoms with Crippen molar-refractivity contribution in [2.24, 2.45) is 5.73 Å². The van der Waals surface area contributed by atoms with E-state index in [0.29, 0.717) is 5.56 Å². The van der Waals surface area contributed by atoms with E-state index in [0.717, 1.165) is 28.6 Å². The van der Waals surface area contributed by atoms with Crippen molar-refractivity contribution in [1.82, 2.24) is 14.5 Å². The second kappa shape index (κ2) is 13.7. The third kappa shape index (κ3) is 9.06. The summed E-state index contributed by atoms with van der Waals surface area (Å²) in [5.74, 6) is -2.79. The van der Waals surface area contributed by atoms with E-state index < -0.39 is 62.9 Å². The van der Waals surface area contributed by atoms with Crippen LogP contribution in [-0.4, -0.2) is 83.6 Å². The summed E-state index contributed by atoms with van der Waals surface area (Å²) in [6.07, 6.45) is -0.265. The Morgan fingerprint density at radius 2 is 1.70 bits per heavy atom. The quantitative estimate of drug-likeness (QED) is 0.199. The number of carbonyl (C=O) groups is 4. The minimum Gasteiger partial charge on any atom is -0.458 e. The topological polar surface area (TPSA) is 199 Å². The second-order valence-corrected chi connectivity index (χ2v) is 12.9. The molecule has 15 heteroatoms. The number of rotatable bonds is 12. The maximum Gasteiger partial charge on any atom is 0.329 e. The number of nitrogens with zero attached hydrogens (tertiary/aromatic N) is 3. The third-order valence-electron chi connectivity index (χ3n) is 6.55. The van der Waals surface area contributed by atoms with E-state index in [1.807, 2.05) is 0 Å². The molecule has 0 aliphatic carbocycles. The highest BCUT2D eigenvalue weighted by Gasteiger charge is 2.39. The van der Waals surface area contributed by atoms with Crippen LogP contribution in [0.2, 0.25) is 0 Å². The number of amides is 3. The maximum absolute atomic E-state index is 13.7. The number of carbonyl (C=O) groups excluding carboxylic acids is 4. The highest BCUT2D eigenvalue weighted by molar-refractivity contribution is 7.89. The molecule has 3 amide bonds. The van der Waals surface area contributed by atoms with Gasteiger partial charge in [-0.15, -0.1) is 0 Å². The van der Waals surface area contributed by atoms with Crippen LogP contribution in [-0.2, 0) is 40.4 Å². The van der Waals surface area contributed by atoms with Crippen LogP contribution in [0.1, 0.15) is 39.2 Å². The highest BCUT2D eigenvalue weighted by atomic mass is 32.2. The van der Waals surface area contributed by atoms with Crippen LogP contribution in [0, 0.1) is 10.1 Å². The maximum atomic E-state index is 13.7. The molecule has 14 nitrogen and oxygen atoms in total. The first-order chi connectivity index (χ1) is 20.1. The summed E-state index contributed by atoms with van der Waals surface area (Å²) in [6.45, 7) is 4.08. The van der Waals surface area contributed by atoms with Gasteiger partial charge in [0.2, 0.25) is 27.7 Å². The number of nitro benzene ring substituents is 1. The SMILES string of the molecule is CC(C)(C)OC(=O)[C@H](CCC(N)=O)NC(=O)[C@H](Cc1ccccc1)N1CCN(S(=O)(=O)c2ccc([N+](=O)[O-])cc2)CC1=O. The molecule has 0 spiro atoms. The van der Waals surface area contributed by atoms with Crippen LogP contribution in [0.4, 0.5) is 5.69 Å². The van der Waals surface area contributed by atoms with Crippen molar-refractivity contribution in [2.75, 3.05) is 19.6 Å². The summed E-state index contributed by atoms with van der Waals surface area (Å²) >= 11 is 0. The number of hydrogen-bond acceptors (Lipinski definition) is 9. The highest BCUT2D eigenvalue weighted by Crippen LogP contribution is 2.23. The molecule has 0 bridgehead atoms. The van der Waals surface area contributed by atoms with Gasteiger partial charge in [0.05, 0.1) is 16.4 Å². The predicted molar refractivity (Wildman–Crippen MR) is 154 cm³/mol. The number of nitro groups is 1. The molecule has 0 aromatic heterocycles. The van der Waals surface area contributed by atoms with Crippen molar-refractivity contribution in [1.29, 1.82) is 0 Å². The van der Waals surface area contributed by atoms with Crippen molar-refractivity contribution in [3.63, 3.8) is 0 Å². The van der Waals surface area contributed by atoms with Crippen LogP contribution in [0.3, 0.4) is 0 Å². The molecular formula is C28H35N5O9S. The van der Waals surface area contributed by atoms with E-state index >= 15 is 0 Å². The fourth-order valence-electron chi connectivity index (χ4n) is 4.45. The van der Waals surface area contributed by atoms with E-state index in [2.05, 4.69) is 5.32 Å². The normalized spacial score (nSPS) is 15.8. The van der Waals surface area contributed by atoms with Crippen molar-refractivity contribution in [3.8, 4) is 0 Å². The lowest BCUT2D eigenvalue weighted by molar-refractivity contribution is -0.384. The summed E-state index contributed by atoms with van der Waals surface area (Å²) in [5.41, 5.74) is 4.82.